The molecule has 0 aliphatic rings. The second-order valence-corrected chi connectivity index (χ2v) is 5.98. The molecule has 2 nitrogen and oxygen atoms in total. The van der Waals surface area contributed by atoms with Crippen LogP contribution in [0.4, 0.5) is 0 Å². The molecule has 0 heterocycles. The molecule has 2 atom stereocenters. The lowest BCUT2D eigenvalue weighted by molar-refractivity contribution is 0.0361. The van der Waals surface area contributed by atoms with Gasteiger partial charge in [0.25, 0.3) is 0 Å². The zero-order valence-corrected chi connectivity index (χ0v) is 14.3. The molecule has 0 aliphatic heterocycles. The van der Waals surface area contributed by atoms with Crippen molar-refractivity contribution in [2.75, 3.05) is 13.2 Å². The van der Waals surface area contributed by atoms with Gasteiger partial charge < -0.3 is 10.1 Å². The molecule has 0 aliphatic carbocycles. The van der Waals surface area contributed by atoms with Crippen LogP contribution in [0.25, 0.3) is 0 Å². The van der Waals surface area contributed by atoms with Crippen LogP contribution in [-0.4, -0.2) is 19.3 Å². The summed E-state index contributed by atoms with van der Waals surface area (Å²) in [5.74, 6) is 0. The van der Waals surface area contributed by atoms with Gasteiger partial charge in [-0.15, -0.1) is 0 Å². The lowest BCUT2D eigenvalue weighted by atomic mass is 10.0. The number of rotatable bonds is 11. The first kappa shape index (κ1) is 18.2. The molecule has 1 N–H and O–H groups in total. The minimum absolute atomic E-state index is 0.209. The SMILES string of the molecule is CCCCCCOC(C)C(NCCC)c1ccc(C)cc1. The first-order valence-corrected chi connectivity index (χ1v) is 8.60. The molecule has 0 bridgehead atoms. The van der Waals surface area contributed by atoms with Gasteiger partial charge in [-0.05, 0) is 38.8 Å². The number of aryl methyl sites for hydroxylation is 1. The van der Waals surface area contributed by atoms with Crippen molar-refractivity contribution < 1.29 is 4.74 Å². The summed E-state index contributed by atoms with van der Waals surface area (Å²) in [6.07, 6.45) is 6.40. The average molecular weight is 291 g/mol. The number of hydrogen-bond acceptors (Lipinski definition) is 2. The maximum Gasteiger partial charge on any atom is 0.0741 e. The van der Waals surface area contributed by atoms with E-state index in [2.05, 4.69) is 57.3 Å². The van der Waals surface area contributed by atoms with Crippen molar-refractivity contribution in [3.63, 3.8) is 0 Å². The summed E-state index contributed by atoms with van der Waals surface area (Å²) >= 11 is 0. The summed E-state index contributed by atoms with van der Waals surface area (Å²) in [4.78, 5) is 0. The maximum atomic E-state index is 6.07. The number of benzene rings is 1. The normalized spacial score (nSPS) is 14.1. The minimum Gasteiger partial charge on any atom is -0.377 e. The van der Waals surface area contributed by atoms with E-state index in [0.29, 0.717) is 0 Å². The van der Waals surface area contributed by atoms with E-state index >= 15 is 0 Å². The summed E-state index contributed by atoms with van der Waals surface area (Å²) in [5, 5.41) is 3.63. The van der Waals surface area contributed by atoms with Crippen molar-refractivity contribution in [2.24, 2.45) is 0 Å². The van der Waals surface area contributed by atoms with Crippen molar-refractivity contribution in [3.8, 4) is 0 Å². The van der Waals surface area contributed by atoms with Crippen LogP contribution < -0.4 is 5.32 Å². The highest BCUT2D eigenvalue weighted by atomic mass is 16.5. The summed E-state index contributed by atoms with van der Waals surface area (Å²) in [7, 11) is 0. The van der Waals surface area contributed by atoms with Crippen molar-refractivity contribution in [1.29, 1.82) is 0 Å². The first-order chi connectivity index (χ1) is 10.2. The summed E-state index contributed by atoms with van der Waals surface area (Å²) in [6.45, 7) is 10.7. The predicted octanol–water partition coefficient (Wildman–Crippen LogP) is 5.02. The number of nitrogens with one attached hydrogen (secondary N) is 1. The third-order valence-corrected chi connectivity index (χ3v) is 3.90. The van der Waals surface area contributed by atoms with Gasteiger partial charge in [-0.1, -0.05) is 62.9 Å². The first-order valence-electron chi connectivity index (χ1n) is 8.60. The smallest absolute Gasteiger partial charge is 0.0741 e. The van der Waals surface area contributed by atoms with Crippen LogP contribution >= 0.6 is 0 Å². The predicted molar refractivity (Wildman–Crippen MR) is 91.8 cm³/mol. The minimum atomic E-state index is 0.209. The third-order valence-electron chi connectivity index (χ3n) is 3.90. The Morgan fingerprint density at radius 3 is 2.33 bits per heavy atom. The van der Waals surface area contributed by atoms with Crippen LogP contribution in [0.5, 0.6) is 0 Å². The van der Waals surface area contributed by atoms with E-state index < -0.39 is 0 Å². The van der Waals surface area contributed by atoms with Crippen LogP contribution in [0.1, 0.15) is 70.0 Å². The molecule has 2 heteroatoms. The fraction of sp³-hybridized carbons (Fsp3) is 0.684. The Hall–Kier alpha value is -0.860. The fourth-order valence-corrected chi connectivity index (χ4v) is 2.52. The molecule has 0 saturated heterocycles. The second kappa shape index (κ2) is 10.8. The average Bonchev–Trinajstić information content (AvgIpc) is 2.49. The number of unbranched alkanes of at least 4 members (excludes halogenated alkanes) is 3. The van der Waals surface area contributed by atoms with Gasteiger partial charge in [-0.2, -0.15) is 0 Å². The highest BCUT2D eigenvalue weighted by Gasteiger charge is 2.18. The van der Waals surface area contributed by atoms with Crippen molar-refractivity contribution in [1.82, 2.24) is 5.32 Å². The van der Waals surface area contributed by atoms with Crippen LogP contribution in [-0.2, 0) is 4.74 Å². The van der Waals surface area contributed by atoms with E-state index in [1.807, 2.05) is 0 Å². The molecule has 0 radical (unpaired) electrons. The molecule has 21 heavy (non-hydrogen) atoms. The van der Waals surface area contributed by atoms with Gasteiger partial charge in [0.1, 0.15) is 0 Å². The van der Waals surface area contributed by atoms with Crippen molar-refractivity contribution in [3.05, 3.63) is 35.4 Å². The molecule has 1 rings (SSSR count). The largest absolute Gasteiger partial charge is 0.377 e. The molecule has 0 amide bonds. The molecule has 0 saturated carbocycles. The number of hydrogen-bond donors (Lipinski definition) is 1. The molecule has 1 aromatic carbocycles. The Labute approximate surface area is 131 Å². The number of ether oxygens (including phenoxy) is 1. The molecule has 120 valence electrons. The molecule has 0 aromatic heterocycles. The van der Waals surface area contributed by atoms with E-state index in [4.69, 9.17) is 4.74 Å². The van der Waals surface area contributed by atoms with Crippen LogP contribution in [0, 0.1) is 6.92 Å². The van der Waals surface area contributed by atoms with Gasteiger partial charge in [-0.25, -0.2) is 0 Å². The van der Waals surface area contributed by atoms with Crippen LogP contribution in [0.15, 0.2) is 24.3 Å². The third kappa shape index (κ3) is 7.10. The summed E-state index contributed by atoms with van der Waals surface area (Å²) in [6, 6.07) is 9.10. The summed E-state index contributed by atoms with van der Waals surface area (Å²) < 4.78 is 6.07. The Balaban J connectivity index is 2.53. The Bertz CT molecular complexity index is 360. The van der Waals surface area contributed by atoms with Gasteiger partial charge in [0.15, 0.2) is 0 Å². The Morgan fingerprint density at radius 1 is 1.00 bits per heavy atom. The van der Waals surface area contributed by atoms with Crippen molar-refractivity contribution in [2.45, 2.75) is 71.9 Å². The van der Waals surface area contributed by atoms with Crippen LogP contribution in [0.2, 0.25) is 0 Å². The lowest BCUT2D eigenvalue weighted by Gasteiger charge is -2.26. The van der Waals surface area contributed by atoms with E-state index in [9.17, 15) is 0 Å². The quantitative estimate of drug-likeness (QED) is 0.578. The fourth-order valence-electron chi connectivity index (χ4n) is 2.52. The monoisotopic (exact) mass is 291 g/mol. The van der Waals surface area contributed by atoms with E-state index in [-0.39, 0.29) is 12.1 Å². The summed E-state index contributed by atoms with van der Waals surface area (Å²) in [5.41, 5.74) is 2.64. The van der Waals surface area contributed by atoms with Crippen molar-refractivity contribution >= 4 is 0 Å². The van der Waals surface area contributed by atoms with Gasteiger partial charge >= 0.3 is 0 Å². The van der Waals surface area contributed by atoms with Gasteiger partial charge in [0.2, 0.25) is 0 Å². The topological polar surface area (TPSA) is 21.3 Å². The van der Waals surface area contributed by atoms with Gasteiger partial charge in [0.05, 0.1) is 12.1 Å². The lowest BCUT2D eigenvalue weighted by Crippen LogP contribution is -2.32. The van der Waals surface area contributed by atoms with E-state index in [1.165, 1.54) is 36.8 Å². The van der Waals surface area contributed by atoms with E-state index in [0.717, 1.165) is 19.6 Å². The maximum absolute atomic E-state index is 6.07. The van der Waals surface area contributed by atoms with Crippen LogP contribution in [0.3, 0.4) is 0 Å². The Morgan fingerprint density at radius 2 is 1.71 bits per heavy atom. The standard InChI is InChI=1S/C19H33NO/c1-5-7-8-9-15-21-17(4)19(20-14-6-2)18-12-10-16(3)11-13-18/h10-13,17,19-20H,5-9,14-15H2,1-4H3. The molecule has 1 aromatic rings. The molecule has 0 fully saturated rings. The highest BCUT2D eigenvalue weighted by Crippen LogP contribution is 2.20. The molecular weight excluding hydrogens is 258 g/mol. The molecule has 2 unspecified atom stereocenters. The zero-order valence-electron chi connectivity index (χ0n) is 14.3. The van der Waals surface area contributed by atoms with Gasteiger partial charge in [0, 0.05) is 6.61 Å². The van der Waals surface area contributed by atoms with E-state index in [1.54, 1.807) is 0 Å². The zero-order chi connectivity index (χ0) is 15.5. The molecular formula is C19H33NO. The van der Waals surface area contributed by atoms with Gasteiger partial charge in [-0.3, -0.25) is 0 Å². The Kier molecular flexibility index (Phi) is 9.36. The second-order valence-electron chi connectivity index (χ2n) is 5.98. The highest BCUT2D eigenvalue weighted by molar-refractivity contribution is 5.24. The molecule has 0 spiro atoms.